The molecule has 0 fully saturated rings. The molecule has 2 rings (SSSR count). The van der Waals surface area contributed by atoms with Crippen molar-refractivity contribution < 1.29 is 9.47 Å². The smallest absolute Gasteiger partial charge is 0.161 e. The van der Waals surface area contributed by atoms with Gasteiger partial charge in [0.25, 0.3) is 0 Å². The van der Waals surface area contributed by atoms with E-state index < -0.39 is 0 Å². The quantitative estimate of drug-likeness (QED) is 0.835. The Kier molecular flexibility index (Phi) is 4.44. The van der Waals surface area contributed by atoms with E-state index in [1.165, 1.54) is 5.56 Å². The number of ether oxygens (including phenoxy) is 2. The first-order chi connectivity index (χ1) is 8.70. The molecular weight excluding hydrogens is 228 g/mol. The maximum absolute atomic E-state index is 5.61. The molecule has 0 aromatic heterocycles. The Balaban J connectivity index is 2.10. The van der Waals surface area contributed by atoms with E-state index in [1.807, 2.05) is 13.1 Å². The molecule has 0 aliphatic carbocycles. The number of hydrogen-bond donors (Lipinski definition) is 2. The van der Waals surface area contributed by atoms with Gasteiger partial charge in [-0.2, -0.15) is 0 Å². The Morgan fingerprint density at radius 2 is 1.89 bits per heavy atom. The van der Waals surface area contributed by atoms with Crippen molar-refractivity contribution in [2.24, 2.45) is 0 Å². The molecule has 2 N–H and O–H groups in total. The van der Waals surface area contributed by atoms with E-state index >= 15 is 0 Å². The zero-order valence-corrected chi connectivity index (χ0v) is 11.3. The third-order valence-corrected chi connectivity index (χ3v) is 3.05. The van der Waals surface area contributed by atoms with Crippen LogP contribution in [-0.4, -0.2) is 32.8 Å². The molecule has 0 amide bonds. The topological polar surface area (TPSA) is 42.5 Å². The lowest BCUT2D eigenvalue weighted by atomic mass is 10.1. The largest absolute Gasteiger partial charge is 0.486 e. The first-order valence-electron chi connectivity index (χ1n) is 6.51. The van der Waals surface area contributed by atoms with E-state index in [9.17, 15) is 0 Å². The summed E-state index contributed by atoms with van der Waals surface area (Å²) < 4.78 is 11.1. The second-order valence-corrected chi connectivity index (χ2v) is 4.81. The molecule has 4 heteroatoms. The van der Waals surface area contributed by atoms with Crippen LogP contribution in [0.4, 0.5) is 0 Å². The number of benzene rings is 1. The van der Waals surface area contributed by atoms with Gasteiger partial charge >= 0.3 is 0 Å². The minimum atomic E-state index is 0.281. The summed E-state index contributed by atoms with van der Waals surface area (Å²) in [5.41, 5.74) is 1.22. The van der Waals surface area contributed by atoms with Crippen molar-refractivity contribution in [3.63, 3.8) is 0 Å². The maximum atomic E-state index is 5.61. The molecule has 1 aromatic carbocycles. The molecule has 0 saturated heterocycles. The van der Waals surface area contributed by atoms with Crippen LogP contribution in [0.1, 0.15) is 25.5 Å². The van der Waals surface area contributed by atoms with Gasteiger partial charge < -0.3 is 20.1 Å². The van der Waals surface area contributed by atoms with Gasteiger partial charge in [-0.15, -0.1) is 0 Å². The van der Waals surface area contributed by atoms with Gasteiger partial charge in [0.1, 0.15) is 13.2 Å². The molecule has 100 valence electrons. The third kappa shape index (κ3) is 3.15. The summed E-state index contributed by atoms with van der Waals surface area (Å²) in [5, 5.41) is 6.76. The van der Waals surface area contributed by atoms with Crippen LogP contribution in [0.25, 0.3) is 0 Å². The van der Waals surface area contributed by atoms with E-state index in [-0.39, 0.29) is 6.04 Å². The highest BCUT2D eigenvalue weighted by atomic mass is 16.6. The van der Waals surface area contributed by atoms with Crippen molar-refractivity contribution in [3.8, 4) is 11.5 Å². The van der Waals surface area contributed by atoms with Crippen LogP contribution in [0.5, 0.6) is 11.5 Å². The fourth-order valence-corrected chi connectivity index (χ4v) is 2.02. The van der Waals surface area contributed by atoms with Crippen molar-refractivity contribution in [1.82, 2.24) is 10.6 Å². The Hall–Kier alpha value is -1.26. The fourth-order valence-electron chi connectivity index (χ4n) is 2.02. The molecule has 4 nitrogen and oxygen atoms in total. The van der Waals surface area contributed by atoms with E-state index in [1.54, 1.807) is 0 Å². The average Bonchev–Trinajstić information content (AvgIpc) is 2.39. The zero-order valence-electron chi connectivity index (χ0n) is 11.3. The second-order valence-electron chi connectivity index (χ2n) is 4.81. The monoisotopic (exact) mass is 250 g/mol. The minimum Gasteiger partial charge on any atom is -0.486 e. The standard InChI is InChI=1S/C14H22N2O2/c1-10(2)16-9-12(15-3)11-4-5-13-14(8-11)18-7-6-17-13/h4-5,8,10,12,15-16H,6-7,9H2,1-3H3. The molecule has 1 atom stereocenters. The van der Waals surface area contributed by atoms with Gasteiger partial charge in [0.2, 0.25) is 0 Å². The average molecular weight is 250 g/mol. The molecular formula is C14H22N2O2. The zero-order chi connectivity index (χ0) is 13.0. The van der Waals surface area contributed by atoms with Crippen molar-refractivity contribution in [3.05, 3.63) is 23.8 Å². The summed E-state index contributed by atoms with van der Waals surface area (Å²) in [6.45, 7) is 6.46. The van der Waals surface area contributed by atoms with Gasteiger partial charge in [-0.25, -0.2) is 0 Å². The molecule has 1 aliphatic rings. The number of nitrogens with one attached hydrogen (secondary N) is 2. The fraction of sp³-hybridized carbons (Fsp3) is 0.571. The van der Waals surface area contributed by atoms with E-state index in [2.05, 4.69) is 36.6 Å². The first kappa shape index (κ1) is 13.2. The predicted molar refractivity (Wildman–Crippen MR) is 72.4 cm³/mol. The lowest BCUT2D eigenvalue weighted by Crippen LogP contribution is -2.33. The molecule has 1 aromatic rings. The van der Waals surface area contributed by atoms with Crippen LogP contribution >= 0.6 is 0 Å². The van der Waals surface area contributed by atoms with Gasteiger partial charge in [0.05, 0.1) is 0 Å². The van der Waals surface area contributed by atoms with Crippen LogP contribution in [0, 0.1) is 0 Å². The molecule has 0 spiro atoms. The summed E-state index contributed by atoms with van der Waals surface area (Å²) >= 11 is 0. The van der Waals surface area contributed by atoms with Gasteiger partial charge in [-0.3, -0.25) is 0 Å². The van der Waals surface area contributed by atoms with Crippen LogP contribution in [-0.2, 0) is 0 Å². The molecule has 18 heavy (non-hydrogen) atoms. The summed E-state index contributed by atoms with van der Waals surface area (Å²) in [4.78, 5) is 0. The van der Waals surface area contributed by atoms with Gasteiger partial charge in [-0.05, 0) is 24.7 Å². The third-order valence-electron chi connectivity index (χ3n) is 3.05. The van der Waals surface area contributed by atoms with Crippen LogP contribution in [0.2, 0.25) is 0 Å². The normalized spacial score (nSPS) is 15.8. The van der Waals surface area contributed by atoms with Crippen molar-refractivity contribution >= 4 is 0 Å². The highest BCUT2D eigenvalue weighted by molar-refractivity contribution is 5.44. The Morgan fingerprint density at radius 3 is 2.56 bits per heavy atom. The molecule has 0 bridgehead atoms. The summed E-state index contributed by atoms with van der Waals surface area (Å²) in [5.74, 6) is 1.69. The van der Waals surface area contributed by atoms with E-state index in [0.29, 0.717) is 19.3 Å². The van der Waals surface area contributed by atoms with E-state index in [0.717, 1.165) is 18.0 Å². The Labute approximate surface area is 109 Å². The summed E-state index contributed by atoms with van der Waals surface area (Å²) in [7, 11) is 1.98. The molecule has 1 unspecified atom stereocenters. The highest BCUT2D eigenvalue weighted by Crippen LogP contribution is 2.32. The van der Waals surface area contributed by atoms with Gasteiger partial charge in [0, 0.05) is 18.6 Å². The number of fused-ring (bicyclic) bond motifs is 1. The molecule has 1 aliphatic heterocycles. The summed E-state index contributed by atoms with van der Waals surface area (Å²) in [6.07, 6.45) is 0. The molecule has 0 saturated carbocycles. The lowest BCUT2D eigenvalue weighted by Gasteiger charge is -2.23. The predicted octanol–water partition coefficient (Wildman–Crippen LogP) is 1.72. The molecule has 0 radical (unpaired) electrons. The molecule has 1 heterocycles. The van der Waals surface area contributed by atoms with Crippen molar-refractivity contribution in [1.29, 1.82) is 0 Å². The second kappa shape index (κ2) is 6.07. The van der Waals surface area contributed by atoms with Crippen LogP contribution < -0.4 is 20.1 Å². The lowest BCUT2D eigenvalue weighted by molar-refractivity contribution is 0.171. The van der Waals surface area contributed by atoms with Crippen LogP contribution in [0.15, 0.2) is 18.2 Å². The van der Waals surface area contributed by atoms with Crippen molar-refractivity contribution in [2.45, 2.75) is 25.9 Å². The number of likely N-dealkylation sites (N-methyl/N-ethyl adjacent to an activating group) is 1. The minimum absolute atomic E-state index is 0.281. The summed E-state index contributed by atoms with van der Waals surface area (Å²) in [6, 6.07) is 6.92. The maximum Gasteiger partial charge on any atom is 0.161 e. The van der Waals surface area contributed by atoms with Gasteiger partial charge in [0.15, 0.2) is 11.5 Å². The van der Waals surface area contributed by atoms with Gasteiger partial charge in [-0.1, -0.05) is 19.9 Å². The van der Waals surface area contributed by atoms with E-state index in [4.69, 9.17) is 9.47 Å². The Bertz CT molecular complexity index is 393. The Morgan fingerprint density at radius 1 is 1.17 bits per heavy atom. The van der Waals surface area contributed by atoms with Crippen LogP contribution in [0.3, 0.4) is 0 Å². The SMILES string of the molecule is CNC(CNC(C)C)c1ccc2c(c1)OCCO2. The number of rotatable bonds is 5. The highest BCUT2D eigenvalue weighted by Gasteiger charge is 2.15. The first-order valence-corrected chi connectivity index (χ1v) is 6.51. The number of hydrogen-bond acceptors (Lipinski definition) is 4. The van der Waals surface area contributed by atoms with Crippen molar-refractivity contribution in [2.75, 3.05) is 26.8 Å².